The van der Waals surface area contributed by atoms with Crippen LogP contribution in [0.25, 0.3) is 0 Å². The van der Waals surface area contributed by atoms with Crippen LogP contribution < -0.4 is 4.74 Å². The molecule has 0 unspecified atom stereocenters. The first-order valence-electron chi connectivity index (χ1n) is 10.8. The van der Waals surface area contributed by atoms with E-state index in [1.54, 1.807) is 0 Å². The molecule has 2 aromatic rings. The molecule has 4 heteroatoms. The molecule has 0 atom stereocenters. The number of hydrogen-bond donors (Lipinski definition) is 1. The fourth-order valence-corrected chi connectivity index (χ4v) is 4.32. The molecule has 4 rings (SSSR count). The Labute approximate surface area is 178 Å². The normalized spacial score (nSPS) is 16.6. The van der Waals surface area contributed by atoms with Gasteiger partial charge in [-0.25, -0.2) is 0 Å². The Balaban J connectivity index is 1.46. The molecule has 0 saturated heterocycles. The van der Waals surface area contributed by atoms with Crippen LogP contribution in [-0.4, -0.2) is 35.2 Å². The second-order valence-corrected chi connectivity index (χ2v) is 8.80. The summed E-state index contributed by atoms with van der Waals surface area (Å²) in [5.74, 6) is 6.76. The number of nitrogens with zero attached hydrogens (tertiary/aromatic N) is 1. The predicted molar refractivity (Wildman–Crippen MR) is 118 cm³/mol. The summed E-state index contributed by atoms with van der Waals surface area (Å²) in [5, 5.41) is 8.89. The fraction of sp³-hybridized carbons (Fsp3) is 0.423. The Morgan fingerprint density at radius 2 is 1.83 bits per heavy atom. The average molecular weight is 404 g/mol. The quantitative estimate of drug-likeness (QED) is 0.717. The van der Waals surface area contributed by atoms with Gasteiger partial charge in [0, 0.05) is 36.1 Å². The van der Waals surface area contributed by atoms with Crippen LogP contribution in [0.15, 0.2) is 42.5 Å². The lowest BCUT2D eigenvalue weighted by Gasteiger charge is -2.35. The van der Waals surface area contributed by atoms with Crippen molar-refractivity contribution in [2.75, 3.05) is 13.1 Å². The van der Waals surface area contributed by atoms with Gasteiger partial charge in [0.1, 0.15) is 5.75 Å². The van der Waals surface area contributed by atoms with E-state index in [2.05, 4.69) is 34.9 Å². The summed E-state index contributed by atoms with van der Waals surface area (Å²) in [6.07, 6.45) is 3.55. The van der Waals surface area contributed by atoms with Gasteiger partial charge in [0.05, 0.1) is 6.10 Å². The zero-order valence-corrected chi connectivity index (χ0v) is 17.8. The standard InChI is InChI=1S/C26H29NO3/c1-19(2)30-23-11-8-20(9-12-23)5-6-21-7-10-22-17-27(15-3-4-25(28)29)18-26(13-14-26)24(22)16-21/h7-12,16,19H,3-4,13-15,17-18H2,1-2H3,(H,28,29). The lowest BCUT2D eigenvalue weighted by molar-refractivity contribution is -0.137. The number of carbonyl (C=O) groups is 1. The van der Waals surface area contributed by atoms with E-state index in [9.17, 15) is 4.79 Å². The number of rotatable bonds is 6. The molecule has 0 aromatic heterocycles. The van der Waals surface area contributed by atoms with Crippen molar-refractivity contribution < 1.29 is 14.6 Å². The lowest BCUT2D eigenvalue weighted by atomic mass is 9.85. The fourth-order valence-electron chi connectivity index (χ4n) is 4.32. The molecule has 1 N–H and O–H groups in total. The Hall–Kier alpha value is -2.77. The molecule has 4 nitrogen and oxygen atoms in total. The van der Waals surface area contributed by atoms with Crippen molar-refractivity contribution in [1.29, 1.82) is 0 Å². The van der Waals surface area contributed by atoms with Gasteiger partial charge in [0.2, 0.25) is 0 Å². The largest absolute Gasteiger partial charge is 0.491 e. The summed E-state index contributed by atoms with van der Waals surface area (Å²) in [6, 6.07) is 14.5. The molecule has 1 fully saturated rings. The molecule has 30 heavy (non-hydrogen) atoms. The van der Waals surface area contributed by atoms with Crippen molar-refractivity contribution in [3.8, 4) is 17.6 Å². The number of ether oxygens (including phenoxy) is 1. The van der Waals surface area contributed by atoms with Crippen molar-refractivity contribution in [3.63, 3.8) is 0 Å². The van der Waals surface area contributed by atoms with Gasteiger partial charge in [-0.2, -0.15) is 0 Å². The summed E-state index contributed by atoms with van der Waals surface area (Å²) in [7, 11) is 0. The lowest BCUT2D eigenvalue weighted by Crippen LogP contribution is -2.38. The van der Waals surface area contributed by atoms with Crippen LogP contribution in [0.4, 0.5) is 0 Å². The van der Waals surface area contributed by atoms with E-state index < -0.39 is 5.97 Å². The van der Waals surface area contributed by atoms with E-state index in [0.717, 1.165) is 36.5 Å². The molecule has 1 heterocycles. The average Bonchev–Trinajstić information content (AvgIpc) is 3.47. The minimum atomic E-state index is -0.709. The maximum absolute atomic E-state index is 10.8. The zero-order chi connectivity index (χ0) is 21.1. The van der Waals surface area contributed by atoms with Gasteiger partial charge in [-0.15, -0.1) is 0 Å². The third kappa shape index (κ3) is 4.86. The number of carboxylic acid groups (broad SMARTS) is 1. The molecular weight excluding hydrogens is 374 g/mol. The predicted octanol–water partition coefficient (Wildman–Crippen LogP) is 4.59. The number of benzene rings is 2. The molecule has 0 radical (unpaired) electrons. The first kappa shape index (κ1) is 20.5. The zero-order valence-electron chi connectivity index (χ0n) is 17.8. The van der Waals surface area contributed by atoms with E-state index in [0.29, 0.717) is 6.42 Å². The third-order valence-corrected chi connectivity index (χ3v) is 5.90. The Morgan fingerprint density at radius 1 is 1.13 bits per heavy atom. The molecule has 156 valence electrons. The SMILES string of the molecule is CC(C)Oc1ccc(C#Cc2ccc3c(c2)C2(CC2)CN(CCCC(=O)O)C3)cc1. The Bertz CT molecular complexity index is 978. The summed E-state index contributed by atoms with van der Waals surface area (Å²) in [5.41, 5.74) is 5.11. The number of carboxylic acids is 1. The van der Waals surface area contributed by atoms with E-state index >= 15 is 0 Å². The van der Waals surface area contributed by atoms with E-state index in [1.165, 1.54) is 24.0 Å². The number of aliphatic carboxylic acids is 1. The molecule has 1 aliphatic heterocycles. The topological polar surface area (TPSA) is 49.8 Å². The highest BCUT2D eigenvalue weighted by atomic mass is 16.5. The van der Waals surface area contributed by atoms with Crippen molar-refractivity contribution in [1.82, 2.24) is 4.90 Å². The highest BCUT2D eigenvalue weighted by molar-refractivity contribution is 5.66. The first-order valence-corrected chi connectivity index (χ1v) is 10.8. The highest BCUT2D eigenvalue weighted by Crippen LogP contribution is 2.52. The molecule has 1 aliphatic carbocycles. The third-order valence-electron chi connectivity index (χ3n) is 5.90. The van der Waals surface area contributed by atoms with Gasteiger partial charge in [0.15, 0.2) is 0 Å². The number of hydrogen-bond acceptors (Lipinski definition) is 3. The first-order chi connectivity index (χ1) is 14.4. The maximum Gasteiger partial charge on any atom is 0.303 e. The van der Waals surface area contributed by atoms with Gasteiger partial charge in [0.25, 0.3) is 0 Å². The number of fused-ring (bicyclic) bond motifs is 2. The summed E-state index contributed by atoms with van der Waals surface area (Å²) in [4.78, 5) is 13.2. The molecule has 2 aliphatic rings. The van der Waals surface area contributed by atoms with E-state index in [1.807, 2.05) is 38.1 Å². The van der Waals surface area contributed by atoms with Gasteiger partial charge >= 0.3 is 5.97 Å². The second-order valence-electron chi connectivity index (χ2n) is 8.80. The Morgan fingerprint density at radius 3 is 2.50 bits per heavy atom. The van der Waals surface area contributed by atoms with Crippen LogP contribution in [0.1, 0.15) is 61.8 Å². The molecule has 0 amide bonds. The van der Waals surface area contributed by atoms with Crippen molar-refractivity contribution in [2.24, 2.45) is 0 Å². The highest BCUT2D eigenvalue weighted by Gasteiger charge is 2.48. The monoisotopic (exact) mass is 403 g/mol. The molecule has 1 saturated carbocycles. The molecule has 0 bridgehead atoms. The maximum atomic E-state index is 10.8. The minimum absolute atomic E-state index is 0.167. The molecule has 1 spiro atoms. The minimum Gasteiger partial charge on any atom is -0.491 e. The van der Waals surface area contributed by atoms with E-state index in [-0.39, 0.29) is 17.9 Å². The van der Waals surface area contributed by atoms with Gasteiger partial charge < -0.3 is 9.84 Å². The van der Waals surface area contributed by atoms with Crippen LogP contribution >= 0.6 is 0 Å². The van der Waals surface area contributed by atoms with Gasteiger partial charge in [-0.1, -0.05) is 17.9 Å². The molecular formula is C26H29NO3. The summed E-state index contributed by atoms with van der Waals surface area (Å²) >= 11 is 0. The van der Waals surface area contributed by atoms with Crippen molar-refractivity contribution >= 4 is 5.97 Å². The van der Waals surface area contributed by atoms with Crippen molar-refractivity contribution in [2.45, 2.75) is 57.6 Å². The Kier molecular flexibility index (Phi) is 5.83. The second kappa shape index (κ2) is 8.53. The van der Waals surface area contributed by atoms with Crippen LogP contribution in [0, 0.1) is 11.8 Å². The van der Waals surface area contributed by atoms with Crippen LogP contribution in [0.2, 0.25) is 0 Å². The van der Waals surface area contributed by atoms with Gasteiger partial charge in [-0.3, -0.25) is 9.69 Å². The summed E-state index contributed by atoms with van der Waals surface area (Å²) < 4.78 is 5.69. The van der Waals surface area contributed by atoms with Crippen LogP contribution in [-0.2, 0) is 16.8 Å². The molecule has 2 aromatic carbocycles. The van der Waals surface area contributed by atoms with Crippen LogP contribution in [0.3, 0.4) is 0 Å². The van der Waals surface area contributed by atoms with E-state index in [4.69, 9.17) is 9.84 Å². The smallest absolute Gasteiger partial charge is 0.303 e. The van der Waals surface area contributed by atoms with Crippen LogP contribution in [0.5, 0.6) is 5.75 Å². The summed E-state index contributed by atoms with van der Waals surface area (Å²) in [6.45, 7) is 6.83. The van der Waals surface area contributed by atoms with Gasteiger partial charge in [-0.05, 0) is 87.2 Å². The van der Waals surface area contributed by atoms with Crippen molar-refractivity contribution in [3.05, 3.63) is 64.7 Å².